The normalized spacial score (nSPS) is 21.3. The number of hydrogen-bond donors (Lipinski definition) is 2. The lowest BCUT2D eigenvalue weighted by Crippen LogP contribution is -2.50. The van der Waals surface area contributed by atoms with Crippen molar-refractivity contribution in [1.82, 2.24) is 20.2 Å². The van der Waals surface area contributed by atoms with Crippen molar-refractivity contribution in [2.75, 3.05) is 19.6 Å². The summed E-state index contributed by atoms with van der Waals surface area (Å²) in [6.45, 7) is 2.08. The zero-order valence-corrected chi connectivity index (χ0v) is 8.26. The van der Waals surface area contributed by atoms with Gasteiger partial charge in [0.05, 0.1) is 6.04 Å². The van der Waals surface area contributed by atoms with E-state index in [0.29, 0.717) is 13.1 Å². The van der Waals surface area contributed by atoms with E-state index in [-0.39, 0.29) is 6.04 Å². The monoisotopic (exact) mass is 207 g/mol. The molecule has 1 saturated heterocycles. The molecule has 2 rings (SSSR count). The molecule has 1 unspecified atom stereocenters. The van der Waals surface area contributed by atoms with Crippen LogP contribution in [0.2, 0.25) is 0 Å². The average Bonchev–Trinajstić information content (AvgIpc) is 2.30. The van der Waals surface area contributed by atoms with Gasteiger partial charge in [0.15, 0.2) is 0 Å². The van der Waals surface area contributed by atoms with Gasteiger partial charge >= 0.3 is 6.03 Å². The first-order valence-corrected chi connectivity index (χ1v) is 4.81. The Balaban J connectivity index is 2.22. The van der Waals surface area contributed by atoms with Crippen LogP contribution in [0.4, 0.5) is 4.79 Å². The summed E-state index contributed by atoms with van der Waals surface area (Å²) >= 11 is 0. The third-order valence-electron chi connectivity index (χ3n) is 2.49. The zero-order chi connectivity index (χ0) is 10.7. The predicted molar refractivity (Wildman–Crippen MR) is 53.9 cm³/mol. The average molecular weight is 207 g/mol. The Morgan fingerprint density at radius 2 is 2.27 bits per heavy atom. The first kappa shape index (κ1) is 9.85. The van der Waals surface area contributed by atoms with Crippen molar-refractivity contribution < 1.29 is 4.79 Å². The van der Waals surface area contributed by atoms with E-state index in [1.165, 1.54) is 6.33 Å². The molecule has 1 aliphatic rings. The highest BCUT2D eigenvalue weighted by Gasteiger charge is 2.26. The quantitative estimate of drug-likeness (QED) is 0.650. The maximum atomic E-state index is 11.2. The molecule has 1 aliphatic heterocycles. The number of amides is 2. The molecular weight excluding hydrogens is 194 g/mol. The highest BCUT2D eigenvalue weighted by atomic mass is 16.2. The van der Waals surface area contributed by atoms with Gasteiger partial charge in [0, 0.05) is 37.6 Å². The number of aromatic nitrogens is 2. The summed E-state index contributed by atoms with van der Waals surface area (Å²) in [7, 11) is 0. The molecule has 2 amide bonds. The van der Waals surface area contributed by atoms with Crippen LogP contribution in [0.5, 0.6) is 0 Å². The zero-order valence-electron chi connectivity index (χ0n) is 8.26. The number of rotatable bonds is 1. The number of nitrogens with zero attached hydrogens (tertiary/aromatic N) is 3. The maximum absolute atomic E-state index is 11.2. The molecule has 1 fully saturated rings. The van der Waals surface area contributed by atoms with Crippen LogP contribution < -0.4 is 11.1 Å². The minimum absolute atomic E-state index is 0.0579. The minimum Gasteiger partial charge on any atom is -0.351 e. The van der Waals surface area contributed by atoms with Crippen LogP contribution in [-0.4, -0.2) is 40.5 Å². The smallest absolute Gasteiger partial charge is 0.315 e. The number of piperazine rings is 1. The second-order valence-electron chi connectivity index (χ2n) is 3.42. The molecule has 6 heteroatoms. The molecule has 0 aromatic carbocycles. The third-order valence-corrected chi connectivity index (χ3v) is 2.49. The number of nitrogens with one attached hydrogen (secondary N) is 1. The van der Waals surface area contributed by atoms with Gasteiger partial charge in [0.1, 0.15) is 6.33 Å². The fraction of sp³-hybridized carbons (Fsp3) is 0.444. The van der Waals surface area contributed by atoms with Gasteiger partial charge in [-0.2, -0.15) is 0 Å². The SMILES string of the molecule is NC(=O)N1CCNCC1c1cncnc1. The van der Waals surface area contributed by atoms with E-state index < -0.39 is 6.03 Å². The van der Waals surface area contributed by atoms with Gasteiger partial charge in [0.25, 0.3) is 0 Å². The van der Waals surface area contributed by atoms with E-state index in [2.05, 4.69) is 15.3 Å². The molecule has 0 bridgehead atoms. The second-order valence-corrected chi connectivity index (χ2v) is 3.42. The lowest BCUT2D eigenvalue weighted by molar-refractivity contribution is 0.167. The van der Waals surface area contributed by atoms with Crippen LogP contribution in [-0.2, 0) is 0 Å². The Labute approximate surface area is 87.5 Å². The van der Waals surface area contributed by atoms with Crippen LogP contribution >= 0.6 is 0 Å². The number of carbonyl (C=O) groups is 1. The molecule has 80 valence electrons. The van der Waals surface area contributed by atoms with Crippen molar-refractivity contribution in [3.05, 3.63) is 24.3 Å². The van der Waals surface area contributed by atoms with Crippen molar-refractivity contribution in [2.24, 2.45) is 5.73 Å². The number of nitrogens with two attached hydrogens (primary N) is 1. The number of primary amides is 1. The third kappa shape index (κ3) is 2.04. The summed E-state index contributed by atoms with van der Waals surface area (Å²) in [5.74, 6) is 0. The van der Waals surface area contributed by atoms with Crippen molar-refractivity contribution in [1.29, 1.82) is 0 Å². The van der Waals surface area contributed by atoms with E-state index in [0.717, 1.165) is 12.1 Å². The topological polar surface area (TPSA) is 84.1 Å². The number of urea groups is 1. The van der Waals surface area contributed by atoms with Crippen molar-refractivity contribution in [3.63, 3.8) is 0 Å². The molecule has 1 aromatic heterocycles. The van der Waals surface area contributed by atoms with E-state index in [9.17, 15) is 4.79 Å². The lowest BCUT2D eigenvalue weighted by atomic mass is 10.1. The van der Waals surface area contributed by atoms with Crippen molar-refractivity contribution >= 4 is 6.03 Å². The molecule has 0 spiro atoms. The van der Waals surface area contributed by atoms with Crippen LogP contribution in [0.1, 0.15) is 11.6 Å². The predicted octanol–water partition coefficient (Wildman–Crippen LogP) is -0.498. The first-order chi connectivity index (χ1) is 7.29. The Kier molecular flexibility index (Phi) is 2.77. The molecule has 2 heterocycles. The first-order valence-electron chi connectivity index (χ1n) is 4.81. The number of carbonyl (C=O) groups excluding carboxylic acids is 1. The maximum Gasteiger partial charge on any atom is 0.315 e. The van der Waals surface area contributed by atoms with Crippen LogP contribution in [0.15, 0.2) is 18.7 Å². The van der Waals surface area contributed by atoms with Crippen LogP contribution in [0.3, 0.4) is 0 Å². The Bertz CT molecular complexity index is 342. The fourth-order valence-corrected chi connectivity index (χ4v) is 1.75. The molecule has 0 radical (unpaired) electrons. The summed E-state index contributed by atoms with van der Waals surface area (Å²) in [5.41, 5.74) is 6.22. The van der Waals surface area contributed by atoms with Crippen molar-refractivity contribution in [2.45, 2.75) is 6.04 Å². The molecular formula is C9H13N5O. The van der Waals surface area contributed by atoms with Gasteiger partial charge in [-0.15, -0.1) is 0 Å². The highest BCUT2D eigenvalue weighted by Crippen LogP contribution is 2.19. The Morgan fingerprint density at radius 1 is 1.53 bits per heavy atom. The molecule has 1 aromatic rings. The fourth-order valence-electron chi connectivity index (χ4n) is 1.75. The largest absolute Gasteiger partial charge is 0.351 e. The molecule has 1 atom stereocenters. The van der Waals surface area contributed by atoms with E-state index >= 15 is 0 Å². The van der Waals surface area contributed by atoms with Gasteiger partial charge < -0.3 is 16.0 Å². The summed E-state index contributed by atoms with van der Waals surface area (Å²) in [4.78, 5) is 20.7. The van der Waals surface area contributed by atoms with E-state index in [1.54, 1.807) is 17.3 Å². The minimum atomic E-state index is -0.398. The van der Waals surface area contributed by atoms with E-state index in [1.807, 2.05) is 0 Å². The molecule has 3 N–H and O–H groups in total. The van der Waals surface area contributed by atoms with Gasteiger partial charge in [-0.25, -0.2) is 14.8 Å². The second kappa shape index (κ2) is 4.22. The summed E-state index contributed by atoms with van der Waals surface area (Å²) < 4.78 is 0. The van der Waals surface area contributed by atoms with Gasteiger partial charge in [-0.3, -0.25) is 0 Å². The summed E-state index contributed by atoms with van der Waals surface area (Å²) in [6.07, 6.45) is 4.88. The summed E-state index contributed by atoms with van der Waals surface area (Å²) in [5, 5.41) is 3.21. The van der Waals surface area contributed by atoms with Gasteiger partial charge in [0.2, 0.25) is 0 Å². The molecule has 6 nitrogen and oxygen atoms in total. The van der Waals surface area contributed by atoms with Crippen LogP contribution in [0.25, 0.3) is 0 Å². The molecule has 15 heavy (non-hydrogen) atoms. The van der Waals surface area contributed by atoms with Crippen LogP contribution in [0, 0.1) is 0 Å². The lowest BCUT2D eigenvalue weighted by Gasteiger charge is -2.34. The standard InChI is InChI=1S/C9H13N5O/c10-9(15)14-2-1-11-5-8(14)7-3-12-6-13-4-7/h3-4,6,8,11H,1-2,5H2,(H2,10,15). The van der Waals surface area contributed by atoms with Gasteiger partial charge in [-0.05, 0) is 0 Å². The molecule has 0 saturated carbocycles. The number of hydrogen-bond acceptors (Lipinski definition) is 4. The van der Waals surface area contributed by atoms with E-state index in [4.69, 9.17) is 5.73 Å². The van der Waals surface area contributed by atoms with Gasteiger partial charge in [-0.1, -0.05) is 0 Å². The Hall–Kier alpha value is -1.69. The highest BCUT2D eigenvalue weighted by molar-refractivity contribution is 5.72. The Morgan fingerprint density at radius 3 is 2.93 bits per heavy atom. The summed E-state index contributed by atoms with van der Waals surface area (Å²) in [6, 6.07) is -0.456. The van der Waals surface area contributed by atoms with Crippen molar-refractivity contribution in [3.8, 4) is 0 Å². The molecule has 0 aliphatic carbocycles.